The Hall–Kier alpha value is -1.78. The largest absolute Gasteiger partial charge is 0.478 e. The zero-order valence-corrected chi connectivity index (χ0v) is 10.4. The number of nitrogens with zero attached hydrogens (tertiary/aromatic N) is 1. The van der Waals surface area contributed by atoms with E-state index < -0.39 is 11.9 Å². The van der Waals surface area contributed by atoms with Crippen LogP contribution in [0, 0.1) is 0 Å². The Kier molecular flexibility index (Phi) is 3.69. The second-order valence-electron chi connectivity index (χ2n) is 4.48. The Balaban J connectivity index is 2.12. The van der Waals surface area contributed by atoms with Crippen LogP contribution >= 0.6 is 0 Å². The van der Waals surface area contributed by atoms with Crippen LogP contribution in [0.5, 0.6) is 0 Å². The van der Waals surface area contributed by atoms with E-state index in [1.807, 2.05) is 11.5 Å². The van der Waals surface area contributed by atoms with Crippen molar-refractivity contribution in [2.75, 3.05) is 6.61 Å². The third-order valence-electron chi connectivity index (χ3n) is 3.25. The Labute approximate surface area is 105 Å². The quantitative estimate of drug-likeness (QED) is 0.642. The molecular formula is C13H17NO4. The van der Waals surface area contributed by atoms with Crippen molar-refractivity contribution in [2.24, 2.45) is 0 Å². The molecule has 0 fully saturated rings. The smallest absolute Gasteiger partial charge is 0.337 e. The van der Waals surface area contributed by atoms with Gasteiger partial charge >= 0.3 is 11.9 Å². The van der Waals surface area contributed by atoms with E-state index in [1.165, 1.54) is 0 Å². The van der Waals surface area contributed by atoms with Gasteiger partial charge in [-0.15, -0.1) is 0 Å². The highest BCUT2D eigenvalue weighted by atomic mass is 16.5. The molecule has 1 N–H and O–H groups in total. The van der Waals surface area contributed by atoms with Gasteiger partial charge in [-0.05, 0) is 18.9 Å². The number of hydrogen-bond donors (Lipinski definition) is 1. The second-order valence-corrected chi connectivity index (χ2v) is 4.48. The highest BCUT2D eigenvalue weighted by molar-refractivity contribution is 5.92. The number of aromatic nitrogens is 1. The SMILES string of the molecule is CCCCOC(=O)C1CCn2ccc(C(=O)O)c21. The van der Waals surface area contributed by atoms with Crippen molar-refractivity contribution in [3.05, 3.63) is 23.5 Å². The molecular weight excluding hydrogens is 234 g/mol. The van der Waals surface area contributed by atoms with E-state index in [2.05, 4.69) is 0 Å². The molecule has 1 unspecified atom stereocenters. The van der Waals surface area contributed by atoms with Gasteiger partial charge in [-0.2, -0.15) is 0 Å². The molecule has 0 radical (unpaired) electrons. The number of aromatic carboxylic acids is 1. The lowest BCUT2D eigenvalue weighted by atomic mass is 10.0. The first-order valence-electron chi connectivity index (χ1n) is 6.24. The fourth-order valence-electron chi connectivity index (χ4n) is 2.30. The first-order chi connectivity index (χ1) is 8.65. The normalized spacial score (nSPS) is 17.5. The van der Waals surface area contributed by atoms with Gasteiger partial charge in [-0.1, -0.05) is 13.3 Å². The van der Waals surface area contributed by atoms with Crippen LogP contribution in [-0.4, -0.2) is 28.2 Å². The summed E-state index contributed by atoms with van der Waals surface area (Å²) >= 11 is 0. The molecule has 1 aromatic heterocycles. The van der Waals surface area contributed by atoms with E-state index in [1.54, 1.807) is 12.3 Å². The van der Waals surface area contributed by atoms with Crippen LogP contribution in [0.25, 0.3) is 0 Å². The third kappa shape index (κ3) is 2.25. The Morgan fingerprint density at radius 3 is 3.00 bits per heavy atom. The maximum absolute atomic E-state index is 11.9. The number of ether oxygens (including phenoxy) is 1. The van der Waals surface area contributed by atoms with Crippen LogP contribution in [-0.2, 0) is 16.1 Å². The summed E-state index contributed by atoms with van der Waals surface area (Å²) in [6, 6.07) is 1.54. The number of fused-ring (bicyclic) bond motifs is 1. The molecule has 1 atom stereocenters. The Morgan fingerprint density at radius 2 is 2.33 bits per heavy atom. The molecule has 98 valence electrons. The number of unbranched alkanes of at least 4 members (excludes halogenated alkanes) is 1. The zero-order chi connectivity index (χ0) is 13.1. The summed E-state index contributed by atoms with van der Waals surface area (Å²) in [5, 5.41) is 9.09. The summed E-state index contributed by atoms with van der Waals surface area (Å²) in [5.41, 5.74) is 0.800. The summed E-state index contributed by atoms with van der Waals surface area (Å²) in [4.78, 5) is 23.0. The lowest BCUT2D eigenvalue weighted by Crippen LogP contribution is -2.16. The molecule has 0 saturated carbocycles. The van der Waals surface area contributed by atoms with Crippen LogP contribution in [0.4, 0.5) is 0 Å². The highest BCUT2D eigenvalue weighted by Gasteiger charge is 2.34. The molecule has 0 aliphatic carbocycles. The fraction of sp³-hybridized carbons (Fsp3) is 0.538. The molecule has 0 amide bonds. The van der Waals surface area contributed by atoms with Crippen LogP contribution in [0.3, 0.4) is 0 Å². The third-order valence-corrected chi connectivity index (χ3v) is 3.25. The van der Waals surface area contributed by atoms with E-state index in [0.717, 1.165) is 12.8 Å². The lowest BCUT2D eigenvalue weighted by molar-refractivity contribution is -0.145. The van der Waals surface area contributed by atoms with Gasteiger partial charge in [0.05, 0.1) is 18.1 Å². The number of carboxylic acids is 1. The van der Waals surface area contributed by atoms with Crippen molar-refractivity contribution in [2.45, 2.75) is 38.6 Å². The molecule has 1 aliphatic heterocycles. The number of hydrogen-bond acceptors (Lipinski definition) is 3. The molecule has 0 bridgehead atoms. The minimum atomic E-state index is -0.989. The van der Waals surface area contributed by atoms with Crippen molar-refractivity contribution in [1.82, 2.24) is 4.57 Å². The van der Waals surface area contributed by atoms with Crippen molar-refractivity contribution in [3.63, 3.8) is 0 Å². The molecule has 1 aromatic rings. The molecule has 18 heavy (non-hydrogen) atoms. The summed E-state index contributed by atoms with van der Waals surface area (Å²) < 4.78 is 7.01. The second kappa shape index (κ2) is 5.25. The summed E-state index contributed by atoms with van der Waals surface area (Å²) in [6.07, 6.45) is 4.15. The van der Waals surface area contributed by atoms with Crippen LogP contribution in [0.2, 0.25) is 0 Å². The number of rotatable bonds is 5. The van der Waals surface area contributed by atoms with Gasteiger partial charge in [0.2, 0.25) is 0 Å². The minimum Gasteiger partial charge on any atom is -0.478 e. The zero-order valence-electron chi connectivity index (χ0n) is 10.4. The van der Waals surface area contributed by atoms with Gasteiger partial charge in [-0.25, -0.2) is 4.79 Å². The van der Waals surface area contributed by atoms with Crippen molar-refractivity contribution in [1.29, 1.82) is 0 Å². The molecule has 5 heteroatoms. The maximum Gasteiger partial charge on any atom is 0.337 e. The van der Waals surface area contributed by atoms with Crippen LogP contribution < -0.4 is 0 Å². The van der Waals surface area contributed by atoms with Gasteiger partial charge in [0.1, 0.15) is 0 Å². The van der Waals surface area contributed by atoms with Gasteiger partial charge in [-0.3, -0.25) is 4.79 Å². The van der Waals surface area contributed by atoms with E-state index in [0.29, 0.717) is 25.3 Å². The number of aryl methyl sites for hydroxylation is 1. The summed E-state index contributed by atoms with van der Waals surface area (Å²) in [6.45, 7) is 3.11. The van der Waals surface area contributed by atoms with Gasteiger partial charge in [0.25, 0.3) is 0 Å². The molecule has 0 aromatic carbocycles. The van der Waals surface area contributed by atoms with Crippen LogP contribution in [0.1, 0.15) is 48.2 Å². The average Bonchev–Trinajstić information content (AvgIpc) is 2.88. The number of esters is 1. The molecule has 2 rings (SSSR count). The van der Waals surface area contributed by atoms with E-state index in [4.69, 9.17) is 9.84 Å². The van der Waals surface area contributed by atoms with Gasteiger partial charge in [0, 0.05) is 18.4 Å². The standard InChI is InChI=1S/C13H17NO4/c1-2-3-8-18-13(17)10-5-7-14-6-4-9(11(10)14)12(15)16/h4,6,10H,2-3,5,7-8H2,1H3,(H,15,16). The summed E-state index contributed by atoms with van der Waals surface area (Å²) in [5.74, 6) is -1.72. The molecule has 1 aliphatic rings. The lowest BCUT2D eigenvalue weighted by Gasteiger charge is -2.10. The number of carboxylic acid groups (broad SMARTS) is 1. The van der Waals surface area contributed by atoms with Gasteiger partial charge < -0.3 is 14.4 Å². The maximum atomic E-state index is 11.9. The molecule has 5 nitrogen and oxygen atoms in total. The van der Waals surface area contributed by atoms with Crippen molar-refractivity contribution < 1.29 is 19.4 Å². The van der Waals surface area contributed by atoms with E-state index in [-0.39, 0.29) is 11.5 Å². The first kappa shape index (κ1) is 12.7. The van der Waals surface area contributed by atoms with Crippen molar-refractivity contribution >= 4 is 11.9 Å². The predicted molar refractivity (Wildman–Crippen MR) is 64.6 cm³/mol. The number of carbonyl (C=O) groups excluding carboxylic acids is 1. The first-order valence-corrected chi connectivity index (χ1v) is 6.24. The van der Waals surface area contributed by atoms with E-state index in [9.17, 15) is 9.59 Å². The topological polar surface area (TPSA) is 68.5 Å². The Morgan fingerprint density at radius 1 is 1.56 bits per heavy atom. The molecule has 0 saturated heterocycles. The van der Waals surface area contributed by atoms with Gasteiger partial charge in [0.15, 0.2) is 0 Å². The molecule has 0 spiro atoms. The highest BCUT2D eigenvalue weighted by Crippen LogP contribution is 2.32. The average molecular weight is 251 g/mol. The minimum absolute atomic E-state index is 0.213. The summed E-state index contributed by atoms with van der Waals surface area (Å²) in [7, 11) is 0. The Bertz CT molecular complexity index is 464. The monoisotopic (exact) mass is 251 g/mol. The molecule has 2 heterocycles. The predicted octanol–water partition coefficient (Wildman–Crippen LogP) is 2.02. The number of carbonyl (C=O) groups is 2. The van der Waals surface area contributed by atoms with Crippen molar-refractivity contribution in [3.8, 4) is 0 Å². The van der Waals surface area contributed by atoms with E-state index >= 15 is 0 Å². The fourth-order valence-corrected chi connectivity index (χ4v) is 2.30. The van der Waals surface area contributed by atoms with Crippen LogP contribution in [0.15, 0.2) is 12.3 Å².